The van der Waals surface area contributed by atoms with Crippen LogP contribution >= 0.6 is 15.9 Å². The number of aryl methyl sites for hydroxylation is 1. The minimum Gasteiger partial charge on any atom is -0.390 e. The SMILES string of the molecule is Cc1cnc(N(C)C[C@@H](O)CN2CCOCC2)c(Br)c1. The van der Waals surface area contributed by atoms with Crippen LogP contribution < -0.4 is 4.90 Å². The Hall–Kier alpha value is -0.690. The molecule has 0 radical (unpaired) electrons. The van der Waals surface area contributed by atoms with Crippen LogP contribution in [0.2, 0.25) is 0 Å². The summed E-state index contributed by atoms with van der Waals surface area (Å²) in [5.41, 5.74) is 1.11. The van der Waals surface area contributed by atoms with E-state index in [1.165, 1.54) is 0 Å². The number of morpholine rings is 1. The lowest BCUT2D eigenvalue weighted by molar-refractivity contribution is 0.0162. The highest BCUT2D eigenvalue weighted by Gasteiger charge is 2.17. The lowest BCUT2D eigenvalue weighted by Gasteiger charge is -2.30. The standard InChI is InChI=1S/C14H22BrN3O2/c1-11-7-13(15)14(16-8-11)17(2)9-12(19)10-18-3-5-20-6-4-18/h7-8,12,19H,3-6,9-10H2,1-2H3/t12-/m1/s1. The number of aliphatic hydroxyl groups excluding tert-OH is 1. The van der Waals surface area contributed by atoms with Crippen LogP contribution in [0, 0.1) is 6.92 Å². The van der Waals surface area contributed by atoms with Gasteiger partial charge in [0.15, 0.2) is 0 Å². The molecule has 20 heavy (non-hydrogen) atoms. The molecule has 1 aliphatic rings. The number of rotatable bonds is 5. The van der Waals surface area contributed by atoms with Gasteiger partial charge in [0, 0.05) is 39.4 Å². The first-order valence-corrected chi connectivity index (χ1v) is 7.67. The molecule has 0 saturated carbocycles. The maximum Gasteiger partial charge on any atom is 0.142 e. The van der Waals surface area contributed by atoms with Gasteiger partial charge in [0.1, 0.15) is 5.82 Å². The van der Waals surface area contributed by atoms with Gasteiger partial charge in [-0.05, 0) is 34.5 Å². The predicted octanol–water partition coefficient (Wildman–Crippen LogP) is 1.28. The first-order chi connectivity index (χ1) is 9.56. The van der Waals surface area contributed by atoms with E-state index in [0.717, 1.165) is 42.2 Å². The largest absolute Gasteiger partial charge is 0.390 e. The Morgan fingerprint density at radius 1 is 1.50 bits per heavy atom. The third kappa shape index (κ3) is 4.41. The van der Waals surface area contributed by atoms with Crippen molar-refractivity contribution in [2.24, 2.45) is 0 Å². The molecule has 2 rings (SSSR count). The number of anilines is 1. The summed E-state index contributed by atoms with van der Waals surface area (Å²) >= 11 is 3.52. The fourth-order valence-electron chi connectivity index (χ4n) is 2.35. The smallest absolute Gasteiger partial charge is 0.142 e. The third-order valence-corrected chi connectivity index (χ3v) is 3.96. The van der Waals surface area contributed by atoms with Gasteiger partial charge in [0.05, 0.1) is 23.8 Å². The van der Waals surface area contributed by atoms with Crippen LogP contribution in [-0.4, -0.2) is 67.5 Å². The Morgan fingerprint density at radius 3 is 2.85 bits per heavy atom. The molecular weight excluding hydrogens is 322 g/mol. The average Bonchev–Trinajstić information content (AvgIpc) is 2.39. The number of likely N-dealkylation sites (N-methyl/N-ethyl adjacent to an activating group) is 1. The summed E-state index contributed by atoms with van der Waals surface area (Å²) in [7, 11) is 1.95. The number of hydrogen-bond acceptors (Lipinski definition) is 5. The molecule has 0 aliphatic carbocycles. The van der Waals surface area contributed by atoms with E-state index in [1.807, 2.05) is 31.1 Å². The Morgan fingerprint density at radius 2 is 2.20 bits per heavy atom. The molecule has 0 spiro atoms. The second-order valence-corrected chi connectivity index (χ2v) is 6.12. The number of β-amino-alcohol motifs (C(OH)–C–C–N with tert-alkyl or cyclic N) is 1. The lowest BCUT2D eigenvalue weighted by Crippen LogP contribution is -2.44. The Labute approximate surface area is 128 Å². The second-order valence-electron chi connectivity index (χ2n) is 5.27. The van der Waals surface area contributed by atoms with Gasteiger partial charge in [-0.25, -0.2) is 4.98 Å². The Kier molecular flexibility index (Phi) is 5.77. The molecule has 1 aromatic rings. The van der Waals surface area contributed by atoms with Gasteiger partial charge in [-0.1, -0.05) is 0 Å². The summed E-state index contributed by atoms with van der Waals surface area (Å²) in [5, 5.41) is 10.2. The fraction of sp³-hybridized carbons (Fsp3) is 0.643. The van der Waals surface area contributed by atoms with Crippen LogP contribution in [0.1, 0.15) is 5.56 Å². The number of ether oxygens (including phenoxy) is 1. The Balaban J connectivity index is 1.87. The van der Waals surface area contributed by atoms with Crippen molar-refractivity contribution in [3.8, 4) is 0 Å². The van der Waals surface area contributed by atoms with Crippen LogP contribution in [0.25, 0.3) is 0 Å². The highest BCUT2D eigenvalue weighted by Crippen LogP contribution is 2.23. The van der Waals surface area contributed by atoms with E-state index in [0.29, 0.717) is 13.1 Å². The minimum atomic E-state index is -0.395. The molecule has 1 saturated heterocycles. The molecule has 0 amide bonds. The monoisotopic (exact) mass is 343 g/mol. The average molecular weight is 344 g/mol. The maximum absolute atomic E-state index is 10.2. The van der Waals surface area contributed by atoms with Crippen molar-refractivity contribution < 1.29 is 9.84 Å². The van der Waals surface area contributed by atoms with Gasteiger partial charge < -0.3 is 14.7 Å². The van der Waals surface area contributed by atoms with E-state index >= 15 is 0 Å². The molecule has 0 aromatic carbocycles. The number of aliphatic hydroxyl groups is 1. The molecule has 1 aromatic heterocycles. The Bertz CT molecular complexity index is 438. The number of hydrogen-bond donors (Lipinski definition) is 1. The highest BCUT2D eigenvalue weighted by molar-refractivity contribution is 9.10. The zero-order valence-electron chi connectivity index (χ0n) is 12.0. The number of halogens is 1. The molecule has 6 heteroatoms. The number of pyridine rings is 1. The van der Waals surface area contributed by atoms with E-state index in [1.54, 1.807) is 0 Å². The van der Waals surface area contributed by atoms with Crippen molar-refractivity contribution >= 4 is 21.7 Å². The van der Waals surface area contributed by atoms with Gasteiger partial charge in [0.2, 0.25) is 0 Å². The van der Waals surface area contributed by atoms with Crippen molar-refractivity contribution in [3.05, 3.63) is 22.3 Å². The van der Waals surface area contributed by atoms with Crippen LogP contribution in [0.5, 0.6) is 0 Å². The van der Waals surface area contributed by atoms with Crippen LogP contribution in [0.15, 0.2) is 16.7 Å². The summed E-state index contributed by atoms with van der Waals surface area (Å²) < 4.78 is 6.27. The maximum atomic E-state index is 10.2. The summed E-state index contributed by atoms with van der Waals surface area (Å²) in [6, 6.07) is 2.03. The lowest BCUT2D eigenvalue weighted by atomic mass is 10.2. The molecule has 1 atom stereocenters. The van der Waals surface area contributed by atoms with Crippen LogP contribution in [-0.2, 0) is 4.74 Å². The topological polar surface area (TPSA) is 48.8 Å². The fourth-order valence-corrected chi connectivity index (χ4v) is 3.12. The van der Waals surface area contributed by atoms with E-state index in [2.05, 4.69) is 25.8 Å². The number of nitrogens with zero attached hydrogens (tertiary/aromatic N) is 3. The van der Waals surface area contributed by atoms with Gasteiger partial charge in [-0.15, -0.1) is 0 Å². The van der Waals surface area contributed by atoms with E-state index in [4.69, 9.17) is 4.74 Å². The molecule has 0 unspecified atom stereocenters. The van der Waals surface area contributed by atoms with Crippen molar-refractivity contribution in [1.82, 2.24) is 9.88 Å². The van der Waals surface area contributed by atoms with Crippen molar-refractivity contribution in [1.29, 1.82) is 0 Å². The summed E-state index contributed by atoms with van der Waals surface area (Å²) in [6.45, 7) is 6.56. The molecule has 112 valence electrons. The molecule has 1 N–H and O–H groups in total. The molecule has 1 aliphatic heterocycles. The molecular formula is C14H22BrN3O2. The first kappa shape index (κ1) is 15.7. The van der Waals surface area contributed by atoms with Gasteiger partial charge >= 0.3 is 0 Å². The molecule has 1 fully saturated rings. The van der Waals surface area contributed by atoms with Crippen molar-refractivity contribution in [2.45, 2.75) is 13.0 Å². The normalized spacial score (nSPS) is 18.0. The molecule has 2 heterocycles. The third-order valence-electron chi connectivity index (χ3n) is 3.38. The van der Waals surface area contributed by atoms with Gasteiger partial charge in [-0.2, -0.15) is 0 Å². The summed E-state index contributed by atoms with van der Waals surface area (Å²) in [5.74, 6) is 0.858. The zero-order valence-corrected chi connectivity index (χ0v) is 13.6. The second kappa shape index (κ2) is 7.36. The molecule has 5 nitrogen and oxygen atoms in total. The zero-order chi connectivity index (χ0) is 14.5. The predicted molar refractivity (Wildman–Crippen MR) is 83.2 cm³/mol. The molecule has 0 bridgehead atoms. The van der Waals surface area contributed by atoms with E-state index in [9.17, 15) is 5.11 Å². The van der Waals surface area contributed by atoms with E-state index in [-0.39, 0.29) is 0 Å². The van der Waals surface area contributed by atoms with Gasteiger partial charge in [0.25, 0.3) is 0 Å². The van der Waals surface area contributed by atoms with Crippen LogP contribution in [0.4, 0.5) is 5.82 Å². The van der Waals surface area contributed by atoms with Crippen molar-refractivity contribution in [3.63, 3.8) is 0 Å². The van der Waals surface area contributed by atoms with Crippen LogP contribution in [0.3, 0.4) is 0 Å². The quantitative estimate of drug-likeness (QED) is 0.872. The first-order valence-electron chi connectivity index (χ1n) is 6.87. The summed E-state index contributed by atoms with van der Waals surface area (Å²) in [4.78, 5) is 8.63. The van der Waals surface area contributed by atoms with Crippen molar-refractivity contribution in [2.75, 3.05) is 51.3 Å². The van der Waals surface area contributed by atoms with E-state index < -0.39 is 6.10 Å². The van der Waals surface area contributed by atoms with Gasteiger partial charge in [-0.3, -0.25) is 4.90 Å². The minimum absolute atomic E-state index is 0.395. The summed E-state index contributed by atoms with van der Waals surface area (Å²) in [6.07, 6.45) is 1.44. The highest BCUT2D eigenvalue weighted by atomic mass is 79.9. The number of aromatic nitrogens is 1.